The number of amides is 1. The van der Waals surface area contributed by atoms with Crippen LogP contribution in [0.15, 0.2) is 54.7 Å². The van der Waals surface area contributed by atoms with Crippen molar-refractivity contribution in [1.82, 2.24) is 9.97 Å². The van der Waals surface area contributed by atoms with Gasteiger partial charge in [0.05, 0.1) is 0 Å². The lowest BCUT2D eigenvalue weighted by molar-refractivity contribution is 0.0984. The summed E-state index contributed by atoms with van der Waals surface area (Å²) in [5.74, 6) is 0.247. The molecule has 1 aromatic heterocycles. The highest BCUT2D eigenvalue weighted by Gasteiger charge is 2.26. The predicted molar refractivity (Wildman–Crippen MR) is 103 cm³/mol. The fraction of sp³-hybridized carbons (Fsp3) is 0.150. The fourth-order valence-corrected chi connectivity index (χ4v) is 3.25. The Bertz CT molecular complexity index is 989. The van der Waals surface area contributed by atoms with E-state index in [0.29, 0.717) is 23.2 Å². The molecule has 1 N–H and O–H groups in total. The number of aromatic nitrogens is 2. The Balaban J connectivity index is 1.60. The number of anilines is 3. The molecule has 0 aliphatic carbocycles. The zero-order chi connectivity index (χ0) is 18.1. The molecule has 0 fully saturated rings. The Morgan fingerprint density at radius 2 is 2.04 bits per heavy atom. The number of hydrogen-bond acceptors (Lipinski definition) is 4. The van der Waals surface area contributed by atoms with Crippen molar-refractivity contribution in [3.8, 4) is 0 Å². The summed E-state index contributed by atoms with van der Waals surface area (Å²) in [5.41, 5.74) is 4.33. The van der Waals surface area contributed by atoms with Crippen LogP contribution in [0.4, 0.5) is 17.3 Å². The maximum atomic E-state index is 12.9. The minimum atomic E-state index is -0.122. The number of rotatable bonds is 3. The van der Waals surface area contributed by atoms with Crippen molar-refractivity contribution in [1.29, 1.82) is 0 Å². The zero-order valence-corrected chi connectivity index (χ0v) is 15.0. The van der Waals surface area contributed by atoms with Crippen molar-refractivity contribution < 1.29 is 4.79 Å². The van der Waals surface area contributed by atoms with Crippen molar-refractivity contribution in [2.45, 2.75) is 13.3 Å². The molecular weight excluding hydrogens is 348 g/mol. The molecule has 0 unspecified atom stereocenters. The van der Waals surface area contributed by atoms with Gasteiger partial charge in [0.25, 0.3) is 5.91 Å². The molecule has 6 heteroatoms. The number of halogens is 1. The first-order chi connectivity index (χ1) is 12.6. The normalized spacial score (nSPS) is 12.8. The number of nitrogens with one attached hydrogen (secondary N) is 1. The van der Waals surface area contributed by atoms with Gasteiger partial charge in [0.2, 0.25) is 5.95 Å². The molecule has 2 heterocycles. The second-order valence-corrected chi connectivity index (χ2v) is 6.62. The van der Waals surface area contributed by atoms with E-state index in [4.69, 9.17) is 11.6 Å². The lowest BCUT2D eigenvalue weighted by Gasteiger charge is -2.17. The minimum absolute atomic E-state index is 0.122. The second kappa shape index (κ2) is 6.77. The van der Waals surface area contributed by atoms with E-state index < -0.39 is 0 Å². The number of carbonyl (C=O) groups excluding carboxylic acids is 1. The molecule has 2 aromatic carbocycles. The van der Waals surface area contributed by atoms with Crippen molar-refractivity contribution in [2.75, 3.05) is 16.8 Å². The topological polar surface area (TPSA) is 58.1 Å². The monoisotopic (exact) mass is 364 g/mol. The highest BCUT2D eigenvalue weighted by atomic mass is 35.5. The third-order valence-electron chi connectivity index (χ3n) is 4.45. The summed E-state index contributed by atoms with van der Waals surface area (Å²) in [6, 6.07) is 15.2. The van der Waals surface area contributed by atoms with Gasteiger partial charge in [-0.2, -0.15) is 0 Å². The molecule has 0 atom stereocenters. The predicted octanol–water partition coefficient (Wildman–Crippen LogP) is 4.38. The number of hydrogen-bond donors (Lipinski definition) is 1. The van der Waals surface area contributed by atoms with Crippen molar-refractivity contribution in [2.24, 2.45) is 0 Å². The van der Waals surface area contributed by atoms with Gasteiger partial charge in [0, 0.05) is 29.1 Å². The van der Waals surface area contributed by atoms with E-state index in [1.54, 1.807) is 17.2 Å². The standard InChI is InChI=1S/C20H17ClN4O/c1-13-6-7-15(21)12-17(13)24-20-22-10-8-16(23-20)19(26)25-11-9-14-4-2-3-5-18(14)25/h2-8,10,12H,9,11H2,1H3,(H,22,23,24). The Labute approximate surface area is 156 Å². The Hall–Kier alpha value is -2.92. The van der Waals surface area contributed by atoms with Crippen LogP contribution in [-0.2, 0) is 6.42 Å². The van der Waals surface area contributed by atoms with E-state index >= 15 is 0 Å². The Kier molecular flexibility index (Phi) is 4.31. The summed E-state index contributed by atoms with van der Waals surface area (Å²) in [6.45, 7) is 2.63. The Morgan fingerprint density at radius 1 is 1.19 bits per heavy atom. The maximum Gasteiger partial charge on any atom is 0.277 e. The second-order valence-electron chi connectivity index (χ2n) is 6.19. The summed E-state index contributed by atoms with van der Waals surface area (Å²) >= 11 is 6.06. The lowest BCUT2D eigenvalue weighted by atomic mass is 10.2. The van der Waals surface area contributed by atoms with Gasteiger partial charge >= 0.3 is 0 Å². The number of aryl methyl sites for hydroxylation is 1. The molecule has 1 aliphatic heterocycles. The largest absolute Gasteiger partial charge is 0.324 e. The van der Waals surface area contributed by atoms with Gasteiger partial charge in [-0.15, -0.1) is 0 Å². The molecule has 4 rings (SSSR count). The average Bonchev–Trinajstić information content (AvgIpc) is 3.08. The third kappa shape index (κ3) is 3.13. The first-order valence-corrected chi connectivity index (χ1v) is 8.75. The number of para-hydroxylation sites is 1. The number of carbonyl (C=O) groups is 1. The zero-order valence-electron chi connectivity index (χ0n) is 14.2. The third-order valence-corrected chi connectivity index (χ3v) is 4.69. The average molecular weight is 365 g/mol. The van der Waals surface area contributed by atoms with Crippen molar-refractivity contribution in [3.63, 3.8) is 0 Å². The molecule has 0 saturated carbocycles. The number of nitrogens with zero attached hydrogens (tertiary/aromatic N) is 3. The Morgan fingerprint density at radius 3 is 2.92 bits per heavy atom. The van der Waals surface area contributed by atoms with Gasteiger partial charge in [-0.05, 0) is 48.7 Å². The van der Waals surface area contributed by atoms with Crippen LogP contribution < -0.4 is 10.2 Å². The van der Waals surface area contributed by atoms with Gasteiger partial charge in [0.15, 0.2) is 0 Å². The van der Waals surface area contributed by atoms with Gasteiger partial charge < -0.3 is 10.2 Å². The molecular formula is C20H17ClN4O. The van der Waals surface area contributed by atoms with E-state index in [1.165, 1.54) is 5.56 Å². The summed E-state index contributed by atoms with van der Waals surface area (Å²) in [4.78, 5) is 23.3. The molecule has 1 amide bonds. The molecule has 1 aliphatic rings. The maximum absolute atomic E-state index is 12.9. The molecule has 5 nitrogen and oxygen atoms in total. The van der Waals surface area contributed by atoms with Crippen LogP contribution in [0.3, 0.4) is 0 Å². The fourth-order valence-electron chi connectivity index (χ4n) is 3.07. The number of benzene rings is 2. The van der Waals surface area contributed by atoms with Crippen molar-refractivity contribution >= 4 is 34.8 Å². The molecule has 0 saturated heterocycles. The molecule has 0 radical (unpaired) electrons. The van der Waals surface area contributed by atoms with Gasteiger partial charge in [-0.3, -0.25) is 4.79 Å². The molecule has 0 bridgehead atoms. The quantitative estimate of drug-likeness (QED) is 0.749. The first kappa shape index (κ1) is 16.5. The van der Waals surface area contributed by atoms with Gasteiger partial charge in [0.1, 0.15) is 5.69 Å². The summed E-state index contributed by atoms with van der Waals surface area (Å²) in [6.07, 6.45) is 2.45. The number of fused-ring (bicyclic) bond motifs is 1. The highest BCUT2D eigenvalue weighted by molar-refractivity contribution is 6.30. The van der Waals surface area contributed by atoms with E-state index in [-0.39, 0.29) is 5.91 Å². The van der Waals surface area contributed by atoms with Crippen LogP contribution >= 0.6 is 11.6 Å². The summed E-state index contributed by atoms with van der Waals surface area (Å²) < 4.78 is 0. The van der Waals surface area contributed by atoms with Crippen LogP contribution in [0.25, 0.3) is 0 Å². The van der Waals surface area contributed by atoms with Crippen LogP contribution in [0.1, 0.15) is 21.6 Å². The SMILES string of the molecule is Cc1ccc(Cl)cc1Nc1nccc(C(=O)N2CCc3ccccc32)n1. The van der Waals surface area contributed by atoms with Crippen molar-refractivity contribution in [3.05, 3.63) is 76.6 Å². The van der Waals surface area contributed by atoms with Crippen LogP contribution in [0, 0.1) is 6.92 Å². The summed E-state index contributed by atoms with van der Waals surface area (Å²) in [5, 5.41) is 3.76. The van der Waals surface area contributed by atoms with Crippen LogP contribution in [0.5, 0.6) is 0 Å². The smallest absolute Gasteiger partial charge is 0.277 e. The van der Waals surface area contributed by atoms with Gasteiger partial charge in [-0.1, -0.05) is 35.9 Å². The first-order valence-electron chi connectivity index (χ1n) is 8.38. The van der Waals surface area contributed by atoms with E-state index in [2.05, 4.69) is 21.4 Å². The molecule has 0 spiro atoms. The molecule has 3 aromatic rings. The lowest BCUT2D eigenvalue weighted by Crippen LogP contribution is -2.29. The van der Waals surface area contributed by atoms with E-state index in [9.17, 15) is 4.79 Å². The highest BCUT2D eigenvalue weighted by Crippen LogP contribution is 2.29. The van der Waals surface area contributed by atoms with E-state index in [0.717, 1.165) is 23.4 Å². The summed E-state index contributed by atoms with van der Waals surface area (Å²) in [7, 11) is 0. The minimum Gasteiger partial charge on any atom is -0.324 e. The van der Waals surface area contributed by atoms with Crippen LogP contribution in [0.2, 0.25) is 5.02 Å². The molecule has 26 heavy (non-hydrogen) atoms. The van der Waals surface area contributed by atoms with E-state index in [1.807, 2.05) is 43.3 Å². The van der Waals surface area contributed by atoms with Crippen LogP contribution in [-0.4, -0.2) is 22.4 Å². The molecule has 130 valence electrons. The van der Waals surface area contributed by atoms with Gasteiger partial charge in [-0.25, -0.2) is 9.97 Å².